The van der Waals surface area contributed by atoms with Gasteiger partial charge in [0.15, 0.2) is 0 Å². The van der Waals surface area contributed by atoms with Gasteiger partial charge in [0.25, 0.3) is 5.91 Å². The number of amides is 1. The van der Waals surface area contributed by atoms with E-state index in [0.717, 1.165) is 16.3 Å². The third-order valence-corrected chi connectivity index (χ3v) is 4.42. The molecule has 0 spiro atoms. The van der Waals surface area contributed by atoms with E-state index in [2.05, 4.69) is 20.5 Å². The molecular formula is C13H10N4OS2. The van der Waals surface area contributed by atoms with Crippen molar-refractivity contribution in [2.75, 3.05) is 5.32 Å². The van der Waals surface area contributed by atoms with Crippen LogP contribution in [0.1, 0.15) is 15.4 Å². The zero-order chi connectivity index (χ0) is 13.9. The van der Waals surface area contributed by atoms with Crippen molar-refractivity contribution in [2.24, 2.45) is 0 Å². The van der Waals surface area contributed by atoms with E-state index in [0.29, 0.717) is 10.0 Å². The van der Waals surface area contributed by atoms with E-state index in [4.69, 9.17) is 0 Å². The van der Waals surface area contributed by atoms with Crippen LogP contribution < -0.4 is 5.32 Å². The van der Waals surface area contributed by atoms with E-state index in [1.807, 2.05) is 37.3 Å². The Morgan fingerprint density at radius 2 is 2.05 bits per heavy atom. The monoisotopic (exact) mass is 302 g/mol. The molecule has 5 nitrogen and oxygen atoms in total. The fourth-order valence-corrected chi connectivity index (χ4v) is 3.10. The minimum Gasteiger partial charge on any atom is -0.296 e. The first-order valence-electron chi connectivity index (χ1n) is 5.84. The van der Waals surface area contributed by atoms with Gasteiger partial charge in [-0.25, -0.2) is 4.98 Å². The highest BCUT2D eigenvalue weighted by Gasteiger charge is 2.17. The van der Waals surface area contributed by atoms with Gasteiger partial charge < -0.3 is 0 Å². The largest absolute Gasteiger partial charge is 0.296 e. The average molecular weight is 302 g/mol. The summed E-state index contributed by atoms with van der Waals surface area (Å²) in [6.07, 6.45) is 0. The van der Waals surface area contributed by atoms with Gasteiger partial charge in [0.05, 0.1) is 5.69 Å². The molecule has 0 fully saturated rings. The first-order chi connectivity index (χ1) is 9.74. The molecule has 0 unspecified atom stereocenters. The van der Waals surface area contributed by atoms with Gasteiger partial charge in [0.1, 0.15) is 15.4 Å². The molecule has 0 aliphatic heterocycles. The second-order valence-corrected chi connectivity index (χ2v) is 5.83. The number of hydrogen-bond donors (Lipinski definition) is 1. The molecule has 3 rings (SSSR count). The van der Waals surface area contributed by atoms with Crippen LogP contribution in [-0.2, 0) is 0 Å². The van der Waals surface area contributed by atoms with E-state index >= 15 is 0 Å². The van der Waals surface area contributed by atoms with Crippen LogP contribution in [0.3, 0.4) is 0 Å². The number of benzene rings is 1. The summed E-state index contributed by atoms with van der Waals surface area (Å²) in [5.74, 6) is -0.195. The summed E-state index contributed by atoms with van der Waals surface area (Å²) < 4.78 is 0. The Labute approximate surface area is 123 Å². The summed E-state index contributed by atoms with van der Waals surface area (Å²) in [5.41, 5.74) is 3.30. The first kappa shape index (κ1) is 12.9. The highest BCUT2D eigenvalue weighted by atomic mass is 32.1. The van der Waals surface area contributed by atoms with Crippen LogP contribution in [0.25, 0.3) is 10.6 Å². The highest BCUT2D eigenvalue weighted by Crippen LogP contribution is 2.28. The number of carbonyl (C=O) groups is 1. The smallest absolute Gasteiger partial charge is 0.269 e. The van der Waals surface area contributed by atoms with Gasteiger partial charge >= 0.3 is 0 Å². The molecule has 7 heteroatoms. The molecule has 20 heavy (non-hydrogen) atoms. The predicted molar refractivity (Wildman–Crippen MR) is 80.1 cm³/mol. The molecule has 1 aromatic carbocycles. The topological polar surface area (TPSA) is 67.8 Å². The fraction of sp³-hybridized carbons (Fsp3) is 0.0769. The summed E-state index contributed by atoms with van der Waals surface area (Å²) in [4.78, 5) is 17.2. The van der Waals surface area contributed by atoms with Crippen LogP contribution in [-0.4, -0.2) is 21.1 Å². The van der Waals surface area contributed by atoms with E-state index in [1.165, 1.54) is 22.7 Å². The summed E-state index contributed by atoms with van der Waals surface area (Å²) >= 11 is 2.66. The minimum absolute atomic E-state index is 0.195. The zero-order valence-electron chi connectivity index (χ0n) is 10.5. The van der Waals surface area contributed by atoms with Crippen molar-refractivity contribution in [1.29, 1.82) is 0 Å². The maximum absolute atomic E-state index is 12.2. The van der Waals surface area contributed by atoms with Crippen molar-refractivity contribution in [2.45, 2.75) is 6.92 Å². The Hall–Kier alpha value is -2.12. The molecule has 0 aliphatic rings. The van der Waals surface area contributed by atoms with Gasteiger partial charge in [0, 0.05) is 5.56 Å². The molecule has 0 saturated heterocycles. The second kappa shape index (κ2) is 5.48. The van der Waals surface area contributed by atoms with Gasteiger partial charge in [-0.1, -0.05) is 41.7 Å². The van der Waals surface area contributed by atoms with Crippen molar-refractivity contribution in [3.8, 4) is 10.6 Å². The molecule has 1 N–H and O–H groups in total. The Morgan fingerprint density at radius 1 is 1.25 bits per heavy atom. The van der Waals surface area contributed by atoms with Gasteiger partial charge in [-0.15, -0.1) is 21.5 Å². The van der Waals surface area contributed by atoms with Crippen LogP contribution in [0.5, 0.6) is 0 Å². The molecule has 0 bridgehead atoms. The van der Waals surface area contributed by atoms with Crippen molar-refractivity contribution in [3.63, 3.8) is 0 Å². The molecule has 0 saturated carbocycles. The average Bonchev–Trinajstić information content (AvgIpc) is 3.09. The van der Waals surface area contributed by atoms with E-state index in [-0.39, 0.29) is 5.91 Å². The van der Waals surface area contributed by atoms with Crippen LogP contribution in [0, 0.1) is 6.92 Å². The summed E-state index contributed by atoms with van der Waals surface area (Å²) in [6.45, 7) is 1.83. The number of anilines is 1. The van der Waals surface area contributed by atoms with Crippen molar-refractivity contribution in [3.05, 3.63) is 46.4 Å². The first-order valence-corrected chi connectivity index (χ1v) is 7.54. The van der Waals surface area contributed by atoms with Gasteiger partial charge in [0.2, 0.25) is 5.13 Å². The molecular weight excluding hydrogens is 292 g/mol. The van der Waals surface area contributed by atoms with Gasteiger partial charge in [-0.3, -0.25) is 10.1 Å². The number of rotatable bonds is 3. The van der Waals surface area contributed by atoms with Crippen molar-refractivity contribution in [1.82, 2.24) is 15.2 Å². The fourth-order valence-electron chi connectivity index (χ4n) is 1.69. The molecule has 0 atom stereocenters. The second-order valence-electron chi connectivity index (χ2n) is 4.00. The van der Waals surface area contributed by atoms with Crippen molar-refractivity contribution >= 4 is 33.7 Å². The Bertz CT molecular complexity index is 722. The summed E-state index contributed by atoms with van der Waals surface area (Å²) in [5, 5.41) is 11.5. The number of nitrogens with one attached hydrogen (secondary N) is 1. The van der Waals surface area contributed by atoms with Crippen LogP contribution >= 0.6 is 22.7 Å². The molecule has 3 aromatic rings. The predicted octanol–water partition coefficient (Wildman–Crippen LogP) is 3.22. The lowest BCUT2D eigenvalue weighted by Crippen LogP contribution is -2.11. The maximum Gasteiger partial charge on any atom is 0.269 e. The molecule has 1 amide bonds. The lowest BCUT2D eigenvalue weighted by Gasteiger charge is -1.97. The van der Waals surface area contributed by atoms with Crippen LogP contribution in [0.15, 0.2) is 35.8 Å². The van der Waals surface area contributed by atoms with E-state index < -0.39 is 0 Å². The Kier molecular flexibility index (Phi) is 3.53. The third-order valence-electron chi connectivity index (χ3n) is 2.60. The standard InChI is InChI=1S/C13H10N4OS2/c1-8-10(11(18)16-13-17-14-7-19-13)20-12(15-8)9-5-3-2-4-6-9/h2-7H,1H3,(H,16,17,18). The zero-order valence-corrected chi connectivity index (χ0v) is 12.2. The van der Waals surface area contributed by atoms with Crippen LogP contribution in [0.4, 0.5) is 5.13 Å². The summed E-state index contributed by atoms with van der Waals surface area (Å²) in [6, 6.07) is 9.81. The highest BCUT2D eigenvalue weighted by molar-refractivity contribution is 7.17. The Morgan fingerprint density at radius 3 is 2.75 bits per heavy atom. The van der Waals surface area contributed by atoms with E-state index in [9.17, 15) is 4.79 Å². The normalized spacial score (nSPS) is 10.4. The number of aryl methyl sites for hydroxylation is 1. The Balaban J connectivity index is 1.88. The third kappa shape index (κ3) is 2.59. The summed E-state index contributed by atoms with van der Waals surface area (Å²) in [7, 11) is 0. The lowest BCUT2D eigenvalue weighted by molar-refractivity contribution is 0.102. The maximum atomic E-state index is 12.2. The number of thiazole rings is 1. The number of nitrogens with zero attached hydrogens (tertiary/aromatic N) is 3. The molecule has 0 aliphatic carbocycles. The number of carbonyl (C=O) groups excluding carboxylic acids is 1. The molecule has 2 aromatic heterocycles. The quantitative estimate of drug-likeness (QED) is 0.806. The lowest BCUT2D eigenvalue weighted by atomic mass is 10.2. The number of hydrogen-bond acceptors (Lipinski definition) is 6. The van der Waals surface area contributed by atoms with E-state index in [1.54, 1.807) is 5.51 Å². The number of aromatic nitrogens is 3. The minimum atomic E-state index is -0.195. The van der Waals surface area contributed by atoms with Crippen molar-refractivity contribution < 1.29 is 4.79 Å². The van der Waals surface area contributed by atoms with Crippen LogP contribution in [0.2, 0.25) is 0 Å². The molecule has 2 heterocycles. The molecule has 100 valence electrons. The molecule has 0 radical (unpaired) electrons. The van der Waals surface area contributed by atoms with Gasteiger partial charge in [-0.05, 0) is 6.92 Å². The SMILES string of the molecule is Cc1nc(-c2ccccc2)sc1C(=O)Nc1nncs1. The van der Waals surface area contributed by atoms with Gasteiger partial charge in [-0.2, -0.15) is 0 Å².